The van der Waals surface area contributed by atoms with E-state index in [1.54, 1.807) is 7.11 Å². The van der Waals surface area contributed by atoms with Crippen LogP contribution in [0.5, 0.6) is 5.75 Å². The molecule has 0 amide bonds. The summed E-state index contributed by atoms with van der Waals surface area (Å²) in [5.74, 6) is 0.854. The summed E-state index contributed by atoms with van der Waals surface area (Å²) in [6, 6.07) is 10.3. The summed E-state index contributed by atoms with van der Waals surface area (Å²) in [4.78, 5) is 0. The lowest BCUT2D eigenvalue weighted by molar-refractivity contribution is 0.414. The van der Waals surface area contributed by atoms with Gasteiger partial charge < -0.3 is 10.1 Å². The van der Waals surface area contributed by atoms with E-state index in [1.807, 2.05) is 41.2 Å². The molecule has 1 aromatic heterocycles. The van der Waals surface area contributed by atoms with Crippen molar-refractivity contribution in [1.82, 2.24) is 15.1 Å². The van der Waals surface area contributed by atoms with Crippen LogP contribution in [0.4, 0.5) is 0 Å². The molecule has 1 heterocycles. The molecule has 4 nitrogen and oxygen atoms in total. The Hall–Kier alpha value is -1.81. The second-order valence-electron chi connectivity index (χ2n) is 4.49. The van der Waals surface area contributed by atoms with Crippen LogP contribution in [0.3, 0.4) is 0 Å². The molecule has 0 bridgehead atoms. The highest BCUT2D eigenvalue weighted by molar-refractivity contribution is 5.36. The highest BCUT2D eigenvalue weighted by Crippen LogP contribution is 2.14. The minimum Gasteiger partial charge on any atom is -0.497 e. The molecule has 1 aromatic carbocycles. The van der Waals surface area contributed by atoms with Gasteiger partial charge in [-0.05, 0) is 30.3 Å². The summed E-state index contributed by atoms with van der Waals surface area (Å²) in [5, 5.41) is 7.87. The summed E-state index contributed by atoms with van der Waals surface area (Å²) in [6.45, 7) is 5.04. The van der Waals surface area contributed by atoms with Gasteiger partial charge in [0.25, 0.3) is 0 Å². The fraction of sp³-hybridized carbons (Fsp3) is 0.357. The molecule has 0 saturated heterocycles. The van der Waals surface area contributed by atoms with E-state index in [0.717, 1.165) is 23.7 Å². The monoisotopic (exact) mass is 245 g/mol. The molecule has 4 heteroatoms. The Morgan fingerprint density at radius 2 is 1.94 bits per heavy atom. The van der Waals surface area contributed by atoms with E-state index in [9.17, 15) is 0 Å². The lowest BCUT2D eigenvalue weighted by atomic mass is 10.3. The van der Waals surface area contributed by atoms with E-state index >= 15 is 0 Å². The minimum absolute atomic E-state index is 0.469. The van der Waals surface area contributed by atoms with Gasteiger partial charge in [-0.2, -0.15) is 5.10 Å². The molecule has 0 saturated carbocycles. The van der Waals surface area contributed by atoms with Crippen molar-refractivity contribution < 1.29 is 4.74 Å². The SMILES string of the molecule is COc1ccc(-n2ccc(CNC(C)C)n2)cc1. The van der Waals surface area contributed by atoms with Crippen molar-refractivity contribution in [2.24, 2.45) is 0 Å². The largest absolute Gasteiger partial charge is 0.497 e. The standard InChI is InChI=1S/C14H19N3O/c1-11(2)15-10-12-8-9-17(16-12)13-4-6-14(18-3)7-5-13/h4-9,11,15H,10H2,1-3H3. The smallest absolute Gasteiger partial charge is 0.119 e. The van der Waals surface area contributed by atoms with E-state index < -0.39 is 0 Å². The first-order valence-electron chi connectivity index (χ1n) is 6.11. The number of nitrogens with one attached hydrogen (secondary N) is 1. The summed E-state index contributed by atoms with van der Waals surface area (Å²) < 4.78 is 7.01. The lowest BCUT2D eigenvalue weighted by Gasteiger charge is -2.05. The Morgan fingerprint density at radius 1 is 1.22 bits per heavy atom. The van der Waals surface area contributed by atoms with Gasteiger partial charge in [-0.3, -0.25) is 0 Å². The average molecular weight is 245 g/mol. The van der Waals surface area contributed by atoms with Crippen molar-refractivity contribution >= 4 is 0 Å². The number of hydrogen-bond acceptors (Lipinski definition) is 3. The molecule has 2 aromatic rings. The quantitative estimate of drug-likeness (QED) is 0.879. The van der Waals surface area contributed by atoms with E-state index in [4.69, 9.17) is 4.74 Å². The van der Waals surface area contributed by atoms with Gasteiger partial charge in [-0.15, -0.1) is 0 Å². The van der Waals surface area contributed by atoms with Crippen LogP contribution in [0.1, 0.15) is 19.5 Å². The number of benzene rings is 1. The number of aromatic nitrogens is 2. The molecular formula is C14H19N3O. The number of nitrogens with zero attached hydrogens (tertiary/aromatic N) is 2. The van der Waals surface area contributed by atoms with Crippen molar-refractivity contribution in [1.29, 1.82) is 0 Å². The van der Waals surface area contributed by atoms with Crippen molar-refractivity contribution in [3.05, 3.63) is 42.2 Å². The third kappa shape index (κ3) is 3.11. The predicted molar refractivity (Wildman–Crippen MR) is 72.1 cm³/mol. The number of rotatable bonds is 5. The number of hydrogen-bond donors (Lipinski definition) is 1. The fourth-order valence-corrected chi connectivity index (χ4v) is 1.64. The number of ether oxygens (including phenoxy) is 1. The maximum Gasteiger partial charge on any atom is 0.119 e. The normalized spacial score (nSPS) is 10.9. The zero-order valence-electron chi connectivity index (χ0n) is 11.1. The van der Waals surface area contributed by atoms with Crippen LogP contribution < -0.4 is 10.1 Å². The van der Waals surface area contributed by atoms with E-state index in [2.05, 4.69) is 24.3 Å². The first-order chi connectivity index (χ1) is 8.69. The van der Waals surface area contributed by atoms with Crippen molar-refractivity contribution in [2.45, 2.75) is 26.4 Å². The molecule has 0 atom stereocenters. The minimum atomic E-state index is 0.469. The van der Waals surface area contributed by atoms with Crippen LogP contribution in [-0.4, -0.2) is 22.9 Å². The average Bonchev–Trinajstić information content (AvgIpc) is 2.85. The molecule has 0 aliphatic rings. The van der Waals surface area contributed by atoms with Crippen LogP contribution in [0.25, 0.3) is 5.69 Å². The molecule has 0 unspecified atom stereocenters. The Kier molecular flexibility index (Phi) is 3.99. The molecule has 96 valence electrons. The molecule has 0 fully saturated rings. The van der Waals surface area contributed by atoms with Crippen LogP contribution >= 0.6 is 0 Å². The molecule has 0 radical (unpaired) electrons. The van der Waals surface area contributed by atoms with Crippen LogP contribution in [0, 0.1) is 0 Å². The highest BCUT2D eigenvalue weighted by Gasteiger charge is 2.02. The van der Waals surface area contributed by atoms with Crippen LogP contribution in [0.2, 0.25) is 0 Å². The van der Waals surface area contributed by atoms with E-state index in [1.165, 1.54) is 0 Å². The summed E-state index contributed by atoms with van der Waals surface area (Å²) in [6.07, 6.45) is 1.97. The van der Waals surface area contributed by atoms with E-state index in [-0.39, 0.29) is 0 Å². The second-order valence-corrected chi connectivity index (χ2v) is 4.49. The summed E-state index contributed by atoms with van der Waals surface area (Å²) in [5.41, 5.74) is 2.08. The molecule has 0 spiro atoms. The second kappa shape index (κ2) is 5.69. The molecule has 18 heavy (non-hydrogen) atoms. The Bertz CT molecular complexity index is 488. The van der Waals surface area contributed by atoms with Gasteiger partial charge in [-0.1, -0.05) is 13.8 Å². The summed E-state index contributed by atoms with van der Waals surface area (Å²) in [7, 11) is 1.67. The lowest BCUT2D eigenvalue weighted by Crippen LogP contribution is -2.22. The highest BCUT2D eigenvalue weighted by atomic mass is 16.5. The maximum atomic E-state index is 5.14. The summed E-state index contributed by atoms with van der Waals surface area (Å²) >= 11 is 0. The van der Waals surface area contributed by atoms with Gasteiger partial charge in [0, 0.05) is 18.8 Å². The van der Waals surface area contributed by atoms with Crippen molar-refractivity contribution in [3.63, 3.8) is 0 Å². The van der Waals surface area contributed by atoms with Gasteiger partial charge in [0.2, 0.25) is 0 Å². The molecule has 0 aliphatic carbocycles. The molecule has 0 aliphatic heterocycles. The first kappa shape index (κ1) is 12.6. The molecule has 1 N–H and O–H groups in total. The third-order valence-corrected chi connectivity index (χ3v) is 2.67. The zero-order valence-corrected chi connectivity index (χ0v) is 11.1. The third-order valence-electron chi connectivity index (χ3n) is 2.67. The van der Waals surface area contributed by atoms with Gasteiger partial charge in [0.1, 0.15) is 5.75 Å². The van der Waals surface area contributed by atoms with Crippen molar-refractivity contribution in [2.75, 3.05) is 7.11 Å². The maximum absolute atomic E-state index is 5.14. The Labute approximate surface area is 108 Å². The van der Waals surface area contributed by atoms with Gasteiger partial charge in [0.15, 0.2) is 0 Å². The molecular weight excluding hydrogens is 226 g/mol. The topological polar surface area (TPSA) is 39.1 Å². The van der Waals surface area contributed by atoms with Crippen molar-refractivity contribution in [3.8, 4) is 11.4 Å². The Morgan fingerprint density at radius 3 is 2.56 bits per heavy atom. The molecule has 2 rings (SSSR count). The van der Waals surface area contributed by atoms with Crippen LogP contribution in [-0.2, 0) is 6.54 Å². The van der Waals surface area contributed by atoms with E-state index in [0.29, 0.717) is 6.04 Å². The first-order valence-corrected chi connectivity index (χ1v) is 6.11. The van der Waals surface area contributed by atoms with Gasteiger partial charge in [0.05, 0.1) is 18.5 Å². The van der Waals surface area contributed by atoms with Gasteiger partial charge in [-0.25, -0.2) is 4.68 Å². The number of methoxy groups -OCH3 is 1. The fourth-order valence-electron chi connectivity index (χ4n) is 1.64. The van der Waals surface area contributed by atoms with Gasteiger partial charge >= 0.3 is 0 Å². The van der Waals surface area contributed by atoms with Crippen LogP contribution in [0.15, 0.2) is 36.5 Å². The predicted octanol–water partition coefficient (Wildman–Crippen LogP) is 2.38. The Balaban J connectivity index is 2.08. The zero-order chi connectivity index (χ0) is 13.0.